The minimum atomic E-state index is -3.75. The van der Waals surface area contributed by atoms with Crippen molar-refractivity contribution < 1.29 is 27.4 Å². The number of rotatable bonds is 3. The molecule has 0 aromatic heterocycles. The molecule has 14 heavy (non-hydrogen) atoms. The minimum absolute atomic E-state index is 0.117. The van der Waals surface area contributed by atoms with Gasteiger partial charge in [-0.3, -0.25) is 0 Å². The molecule has 1 fully saturated rings. The van der Waals surface area contributed by atoms with Crippen molar-refractivity contribution in [2.45, 2.75) is 25.3 Å². The minimum Gasteiger partial charge on any atom is -0.459 e. The molecule has 3 nitrogen and oxygen atoms in total. The lowest BCUT2D eigenvalue weighted by Crippen LogP contribution is -2.58. The van der Waals surface area contributed by atoms with Crippen molar-refractivity contribution in [2.75, 3.05) is 6.61 Å². The summed E-state index contributed by atoms with van der Waals surface area (Å²) in [4.78, 5) is 10.8. The first-order valence-corrected chi connectivity index (χ1v) is 3.87. The Balaban J connectivity index is 2.29. The molecule has 0 aromatic rings. The van der Waals surface area contributed by atoms with Crippen LogP contribution in [0.4, 0.5) is 13.2 Å². The van der Waals surface area contributed by atoms with Gasteiger partial charge in [0.05, 0.1) is 0 Å². The van der Waals surface area contributed by atoms with Gasteiger partial charge in [-0.1, -0.05) is 6.58 Å². The zero-order valence-corrected chi connectivity index (χ0v) is 7.43. The smallest absolute Gasteiger partial charge is 0.390 e. The van der Waals surface area contributed by atoms with E-state index in [1.54, 1.807) is 0 Å². The van der Waals surface area contributed by atoms with Crippen LogP contribution in [0.2, 0.25) is 0 Å². The van der Waals surface area contributed by atoms with Crippen molar-refractivity contribution in [3.63, 3.8) is 0 Å². The highest BCUT2D eigenvalue weighted by Crippen LogP contribution is 2.38. The van der Waals surface area contributed by atoms with Crippen LogP contribution < -0.4 is 0 Å². The van der Waals surface area contributed by atoms with Gasteiger partial charge in [-0.2, -0.15) is 8.78 Å². The normalized spacial score (nSPS) is 29.1. The predicted octanol–water partition coefficient (Wildman–Crippen LogP) is 1.44. The Kier molecular flexibility index (Phi) is 2.84. The first-order chi connectivity index (χ1) is 6.34. The molecular weight excluding hydrogens is 201 g/mol. The number of ether oxygens (including phenoxy) is 2. The van der Waals surface area contributed by atoms with E-state index in [1.807, 2.05) is 0 Å². The van der Waals surface area contributed by atoms with Gasteiger partial charge in [0, 0.05) is 5.57 Å². The topological polar surface area (TPSA) is 35.5 Å². The van der Waals surface area contributed by atoms with Gasteiger partial charge in [0.15, 0.2) is 0 Å². The summed E-state index contributed by atoms with van der Waals surface area (Å²) < 4.78 is 45.0. The van der Waals surface area contributed by atoms with E-state index in [0.29, 0.717) is 0 Å². The highest BCUT2D eigenvalue weighted by Gasteiger charge is 2.59. The van der Waals surface area contributed by atoms with E-state index in [4.69, 9.17) is 0 Å². The molecular formula is C8H9F3O3. The Morgan fingerprint density at radius 2 is 2.21 bits per heavy atom. The molecule has 0 aliphatic carbocycles. The van der Waals surface area contributed by atoms with Crippen LogP contribution in [0.5, 0.6) is 0 Å². The second-order valence-corrected chi connectivity index (χ2v) is 3.00. The number of halogens is 3. The van der Waals surface area contributed by atoms with Crippen molar-refractivity contribution in [3.8, 4) is 0 Å². The van der Waals surface area contributed by atoms with Crippen LogP contribution in [0.25, 0.3) is 0 Å². The fraction of sp³-hybridized carbons (Fsp3) is 0.625. The van der Waals surface area contributed by atoms with E-state index in [9.17, 15) is 18.0 Å². The molecule has 1 aliphatic rings. The molecule has 1 heterocycles. The molecule has 1 rings (SSSR count). The summed E-state index contributed by atoms with van der Waals surface area (Å²) in [7, 11) is 0. The fourth-order valence-electron chi connectivity index (χ4n) is 0.870. The maximum atomic E-state index is 12.5. The van der Waals surface area contributed by atoms with Crippen LogP contribution in [-0.2, 0) is 14.3 Å². The summed E-state index contributed by atoms with van der Waals surface area (Å²) in [6, 6.07) is 0. The summed E-state index contributed by atoms with van der Waals surface area (Å²) in [6.07, 6.45) is -7.55. The Labute approximate surface area is 78.5 Å². The third-order valence-electron chi connectivity index (χ3n) is 1.68. The molecule has 6 heteroatoms. The largest absolute Gasteiger partial charge is 0.459 e. The maximum Gasteiger partial charge on any atom is 0.390 e. The van der Waals surface area contributed by atoms with E-state index >= 15 is 0 Å². The van der Waals surface area contributed by atoms with Gasteiger partial charge in [-0.15, -0.1) is 0 Å². The quantitative estimate of drug-likeness (QED) is 0.522. The summed E-state index contributed by atoms with van der Waals surface area (Å²) in [5.74, 6) is -0.754. The fourth-order valence-corrected chi connectivity index (χ4v) is 0.870. The highest BCUT2D eigenvalue weighted by molar-refractivity contribution is 5.86. The molecule has 80 valence electrons. The molecule has 1 aliphatic heterocycles. The first-order valence-electron chi connectivity index (χ1n) is 3.87. The summed E-state index contributed by atoms with van der Waals surface area (Å²) >= 11 is 0. The Morgan fingerprint density at radius 3 is 2.57 bits per heavy atom. The molecule has 0 saturated carbocycles. The zero-order chi connectivity index (χ0) is 10.9. The SMILES string of the molecule is C=C(C)C(=O)OCC1OC(F)(F)C1F. The van der Waals surface area contributed by atoms with Gasteiger partial charge in [-0.05, 0) is 6.92 Å². The average molecular weight is 210 g/mol. The van der Waals surface area contributed by atoms with Gasteiger partial charge in [-0.25, -0.2) is 9.18 Å². The second-order valence-electron chi connectivity index (χ2n) is 3.00. The molecule has 2 atom stereocenters. The van der Waals surface area contributed by atoms with Crippen LogP contribution in [0.1, 0.15) is 6.92 Å². The Morgan fingerprint density at radius 1 is 1.64 bits per heavy atom. The molecule has 0 aromatic carbocycles. The monoisotopic (exact) mass is 210 g/mol. The van der Waals surface area contributed by atoms with Crippen LogP contribution in [-0.4, -0.2) is 31.0 Å². The van der Waals surface area contributed by atoms with Crippen LogP contribution in [0.15, 0.2) is 12.2 Å². The van der Waals surface area contributed by atoms with Gasteiger partial charge >= 0.3 is 12.1 Å². The van der Waals surface area contributed by atoms with Crippen molar-refractivity contribution in [1.82, 2.24) is 0 Å². The number of esters is 1. The molecule has 0 amide bonds. The third-order valence-corrected chi connectivity index (χ3v) is 1.68. The maximum absolute atomic E-state index is 12.5. The number of hydrogen-bond donors (Lipinski definition) is 0. The Hall–Kier alpha value is -1.04. The Bertz CT molecular complexity index is 265. The molecule has 0 bridgehead atoms. The third kappa shape index (κ3) is 2.06. The van der Waals surface area contributed by atoms with Gasteiger partial charge in [0.2, 0.25) is 6.17 Å². The van der Waals surface area contributed by atoms with E-state index in [-0.39, 0.29) is 5.57 Å². The van der Waals surface area contributed by atoms with Gasteiger partial charge < -0.3 is 9.47 Å². The van der Waals surface area contributed by atoms with Gasteiger partial charge in [0.25, 0.3) is 0 Å². The van der Waals surface area contributed by atoms with Crippen molar-refractivity contribution in [1.29, 1.82) is 0 Å². The van der Waals surface area contributed by atoms with E-state index in [2.05, 4.69) is 16.1 Å². The number of alkyl halides is 3. The standard InChI is InChI=1S/C8H9F3O3/c1-4(2)7(12)13-3-5-6(9)8(10,11)14-5/h5-6H,1,3H2,2H3. The molecule has 0 spiro atoms. The molecule has 0 radical (unpaired) electrons. The number of hydrogen-bond acceptors (Lipinski definition) is 3. The first kappa shape index (κ1) is 11.0. The van der Waals surface area contributed by atoms with E-state index < -0.39 is 31.0 Å². The average Bonchev–Trinajstić information content (AvgIpc) is 2.10. The van der Waals surface area contributed by atoms with Crippen LogP contribution in [0, 0.1) is 0 Å². The lowest BCUT2D eigenvalue weighted by molar-refractivity contribution is -0.396. The lowest BCUT2D eigenvalue weighted by atomic mass is 10.1. The molecule has 0 N–H and O–H groups in total. The van der Waals surface area contributed by atoms with E-state index in [1.165, 1.54) is 6.92 Å². The summed E-state index contributed by atoms with van der Waals surface area (Å²) in [6.45, 7) is 4.14. The second kappa shape index (κ2) is 3.61. The predicted molar refractivity (Wildman–Crippen MR) is 40.5 cm³/mol. The number of carbonyl (C=O) groups is 1. The lowest BCUT2D eigenvalue weighted by Gasteiger charge is -2.38. The van der Waals surface area contributed by atoms with Crippen molar-refractivity contribution >= 4 is 5.97 Å². The number of carbonyl (C=O) groups excluding carboxylic acids is 1. The van der Waals surface area contributed by atoms with Crippen molar-refractivity contribution in [3.05, 3.63) is 12.2 Å². The zero-order valence-electron chi connectivity index (χ0n) is 7.43. The summed E-state index contributed by atoms with van der Waals surface area (Å²) in [5, 5.41) is 0. The molecule has 2 unspecified atom stereocenters. The van der Waals surface area contributed by atoms with Crippen LogP contribution in [0.3, 0.4) is 0 Å². The van der Waals surface area contributed by atoms with Crippen LogP contribution >= 0.6 is 0 Å². The molecule has 1 saturated heterocycles. The summed E-state index contributed by atoms with van der Waals surface area (Å²) in [5.41, 5.74) is 0.117. The highest BCUT2D eigenvalue weighted by atomic mass is 19.3. The van der Waals surface area contributed by atoms with E-state index in [0.717, 1.165) is 0 Å². The van der Waals surface area contributed by atoms with Gasteiger partial charge in [0.1, 0.15) is 12.7 Å². The van der Waals surface area contributed by atoms with Crippen molar-refractivity contribution in [2.24, 2.45) is 0 Å².